The Kier molecular flexibility index (Phi) is 5.15. The number of aromatic nitrogens is 2. The van der Waals surface area contributed by atoms with Crippen LogP contribution in [0.1, 0.15) is 24.2 Å². The minimum Gasteiger partial charge on any atom is -0.454 e. The summed E-state index contributed by atoms with van der Waals surface area (Å²) in [6, 6.07) is 5.91. The molecule has 1 saturated heterocycles. The molecule has 1 N–H and O–H groups in total. The van der Waals surface area contributed by atoms with Gasteiger partial charge in [-0.05, 0) is 13.0 Å². The highest BCUT2D eigenvalue weighted by Crippen LogP contribution is 2.35. The highest BCUT2D eigenvalue weighted by atomic mass is 16.7. The summed E-state index contributed by atoms with van der Waals surface area (Å²) >= 11 is 0. The summed E-state index contributed by atoms with van der Waals surface area (Å²) in [6.45, 7) is 5.88. The summed E-state index contributed by atoms with van der Waals surface area (Å²) in [5, 5.41) is 7.65. The highest BCUT2D eigenvalue weighted by molar-refractivity contribution is 5.80. The summed E-state index contributed by atoms with van der Waals surface area (Å²) in [5.41, 5.74) is 2.11. The third kappa shape index (κ3) is 3.85. The van der Waals surface area contributed by atoms with E-state index < -0.39 is 0 Å². The molecule has 144 valence electrons. The molecule has 2 aliphatic rings. The van der Waals surface area contributed by atoms with Crippen molar-refractivity contribution >= 4 is 5.96 Å². The van der Waals surface area contributed by atoms with Gasteiger partial charge in [-0.2, -0.15) is 5.10 Å². The van der Waals surface area contributed by atoms with E-state index in [4.69, 9.17) is 19.2 Å². The van der Waals surface area contributed by atoms with Gasteiger partial charge in [0.25, 0.3) is 0 Å². The molecule has 1 unspecified atom stereocenters. The molecule has 1 aromatic carbocycles. The number of benzene rings is 1. The molecule has 1 atom stereocenters. The van der Waals surface area contributed by atoms with Crippen LogP contribution in [0.4, 0.5) is 0 Å². The molecule has 0 spiro atoms. The number of aryl methyl sites for hydroxylation is 1. The van der Waals surface area contributed by atoms with E-state index in [-0.39, 0.29) is 12.9 Å². The molecular formula is C19H25N5O3. The Morgan fingerprint density at radius 2 is 2.30 bits per heavy atom. The Morgan fingerprint density at radius 3 is 3.11 bits per heavy atom. The van der Waals surface area contributed by atoms with Crippen molar-refractivity contribution in [3.63, 3.8) is 0 Å². The summed E-state index contributed by atoms with van der Waals surface area (Å²) in [4.78, 5) is 7.08. The number of rotatable bonds is 4. The number of ether oxygens (including phenoxy) is 3. The van der Waals surface area contributed by atoms with Crippen LogP contribution in [0.3, 0.4) is 0 Å². The summed E-state index contributed by atoms with van der Waals surface area (Å²) in [7, 11) is 1.92. The van der Waals surface area contributed by atoms with Crippen molar-refractivity contribution in [2.45, 2.75) is 19.6 Å². The average molecular weight is 371 g/mol. The maximum atomic E-state index is 5.94. The van der Waals surface area contributed by atoms with Crippen LogP contribution in [0.25, 0.3) is 0 Å². The van der Waals surface area contributed by atoms with Crippen LogP contribution < -0.4 is 14.8 Å². The van der Waals surface area contributed by atoms with Crippen molar-refractivity contribution in [3.05, 3.63) is 41.7 Å². The topological polar surface area (TPSA) is 73.1 Å². The number of nitrogens with one attached hydrogen (secondary N) is 1. The summed E-state index contributed by atoms with van der Waals surface area (Å²) in [6.07, 6.45) is 3.86. The first kappa shape index (κ1) is 17.7. The predicted octanol–water partition coefficient (Wildman–Crippen LogP) is 1.69. The number of aliphatic imine (C=N–C) groups is 1. The quantitative estimate of drug-likeness (QED) is 0.651. The van der Waals surface area contributed by atoms with E-state index in [9.17, 15) is 0 Å². The van der Waals surface area contributed by atoms with Crippen LogP contribution in [0, 0.1) is 0 Å². The Balaban J connectivity index is 1.50. The van der Waals surface area contributed by atoms with Crippen LogP contribution in [0.15, 0.2) is 35.6 Å². The van der Waals surface area contributed by atoms with Crippen LogP contribution in [0.2, 0.25) is 0 Å². The number of guanidine groups is 1. The second-order valence-corrected chi connectivity index (χ2v) is 6.57. The van der Waals surface area contributed by atoms with Gasteiger partial charge >= 0.3 is 0 Å². The molecule has 4 rings (SSSR count). The van der Waals surface area contributed by atoms with Crippen molar-refractivity contribution in [1.29, 1.82) is 0 Å². The third-order valence-corrected chi connectivity index (χ3v) is 4.67. The van der Waals surface area contributed by atoms with Gasteiger partial charge in [-0.3, -0.25) is 4.68 Å². The Hall–Kier alpha value is -2.74. The lowest BCUT2D eigenvalue weighted by Gasteiger charge is -2.34. The van der Waals surface area contributed by atoms with E-state index in [1.807, 2.05) is 37.6 Å². The minimum atomic E-state index is -0.00554. The molecule has 0 amide bonds. The number of nitrogens with zero attached hydrogens (tertiary/aromatic N) is 4. The summed E-state index contributed by atoms with van der Waals surface area (Å²) < 4.78 is 18.8. The SMILES string of the molecule is CCNC(=NCc1cccc2c1OCO2)N1CCOC(c2cnn(C)c2)C1. The number of morpholine rings is 1. The minimum absolute atomic E-state index is 0.00554. The second kappa shape index (κ2) is 7.87. The fraction of sp³-hybridized carbons (Fsp3) is 0.474. The van der Waals surface area contributed by atoms with Crippen molar-refractivity contribution in [2.75, 3.05) is 33.0 Å². The van der Waals surface area contributed by atoms with E-state index in [1.165, 1.54) is 0 Å². The monoisotopic (exact) mass is 371 g/mol. The maximum absolute atomic E-state index is 5.94. The summed E-state index contributed by atoms with van der Waals surface area (Å²) in [5.74, 6) is 2.47. The van der Waals surface area contributed by atoms with E-state index in [1.54, 1.807) is 4.68 Å². The molecule has 8 heteroatoms. The van der Waals surface area contributed by atoms with E-state index in [0.717, 1.165) is 48.2 Å². The van der Waals surface area contributed by atoms with Gasteiger partial charge in [0.2, 0.25) is 6.79 Å². The zero-order valence-corrected chi connectivity index (χ0v) is 15.7. The van der Waals surface area contributed by atoms with Gasteiger partial charge in [-0.1, -0.05) is 12.1 Å². The van der Waals surface area contributed by atoms with Crippen molar-refractivity contribution in [3.8, 4) is 11.5 Å². The first-order chi connectivity index (χ1) is 13.2. The van der Waals surface area contributed by atoms with Crippen molar-refractivity contribution in [1.82, 2.24) is 20.0 Å². The van der Waals surface area contributed by atoms with Crippen molar-refractivity contribution < 1.29 is 14.2 Å². The molecule has 2 aliphatic heterocycles. The molecule has 8 nitrogen and oxygen atoms in total. The molecule has 0 radical (unpaired) electrons. The van der Waals surface area contributed by atoms with Gasteiger partial charge < -0.3 is 24.4 Å². The Morgan fingerprint density at radius 1 is 1.37 bits per heavy atom. The van der Waals surface area contributed by atoms with Gasteiger partial charge in [0.05, 0.1) is 25.9 Å². The Labute approximate surface area is 158 Å². The molecule has 1 fully saturated rings. The number of para-hydroxylation sites is 1. The van der Waals surface area contributed by atoms with E-state index in [0.29, 0.717) is 13.2 Å². The van der Waals surface area contributed by atoms with Crippen LogP contribution in [-0.4, -0.2) is 53.7 Å². The first-order valence-corrected chi connectivity index (χ1v) is 9.25. The number of fused-ring (bicyclic) bond motifs is 1. The zero-order chi connectivity index (χ0) is 18.6. The lowest BCUT2D eigenvalue weighted by Crippen LogP contribution is -2.48. The van der Waals surface area contributed by atoms with Gasteiger partial charge in [0.15, 0.2) is 17.5 Å². The Bertz CT molecular complexity index is 819. The molecule has 0 bridgehead atoms. The van der Waals surface area contributed by atoms with Gasteiger partial charge in [-0.15, -0.1) is 0 Å². The van der Waals surface area contributed by atoms with Crippen LogP contribution in [-0.2, 0) is 18.3 Å². The highest BCUT2D eigenvalue weighted by Gasteiger charge is 2.25. The van der Waals surface area contributed by atoms with Gasteiger partial charge in [-0.25, -0.2) is 4.99 Å². The maximum Gasteiger partial charge on any atom is 0.231 e. The first-order valence-electron chi connectivity index (χ1n) is 9.25. The van der Waals surface area contributed by atoms with Gasteiger partial charge in [0.1, 0.15) is 6.10 Å². The normalized spacial score (nSPS) is 19.4. The second-order valence-electron chi connectivity index (χ2n) is 6.57. The third-order valence-electron chi connectivity index (χ3n) is 4.67. The fourth-order valence-electron chi connectivity index (χ4n) is 3.35. The zero-order valence-electron chi connectivity index (χ0n) is 15.7. The van der Waals surface area contributed by atoms with Crippen LogP contribution >= 0.6 is 0 Å². The molecule has 27 heavy (non-hydrogen) atoms. The molecule has 0 saturated carbocycles. The lowest BCUT2D eigenvalue weighted by molar-refractivity contribution is -0.00805. The lowest BCUT2D eigenvalue weighted by atomic mass is 10.1. The average Bonchev–Trinajstić information content (AvgIpc) is 3.34. The molecular weight excluding hydrogens is 346 g/mol. The van der Waals surface area contributed by atoms with Crippen molar-refractivity contribution in [2.24, 2.45) is 12.0 Å². The largest absolute Gasteiger partial charge is 0.454 e. The van der Waals surface area contributed by atoms with E-state index >= 15 is 0 Å². The molecule has 2 aromatic rings. The van der Waals surface area contributed by atoms with Crippen LogP contribution in [0.5, 0.6) is 11.5 Å². The molecule has 1 aromatic heterocycles. The fourth-order valence-corrected chi connectivity index (χ4v) is 3.35. The standard InChI is InChI=1S/C19H25N5O3/c1-3-20-19(21-9-14-5-4-6-16-18(14)27-13-26-16)24-7-8-25-17(12-24)15-10-22-23(2)11-15/h4-6,10-11,17H,3,7-9,12-13H2,1-2H3,(H,20,21). The molecule has 3 heterocycles. The number of hydrogen-bond acceptors (Lipinski definition) is 5. The molecule has 0 aliphatic carbocycles. The number of hydrogen-bond donors (Lipinski definition) is 1. The predicted molar refractivity (Wildman–Crippen MR) is 101 cm³/mol. The van der Waals surface area contributed by atoms with E-state index in [2.05, 4.69) is 22.2 Å². The smallest absolute Gasteiger partial charge is 0.231 e. The van der Waals surface area contributed by atoms with Gasteiger partial charge in [0, 0.05) is 37.5 Å².